The van der Waals surface area contributed by atoms with Crippen molar-refractivity contribution in [2.45, 2.75) is 6.42 Å². The maximum atomic E-state index is 6.13. The first-order valence-electron chi connectivity index (χ1n) is 6.02. The maximum Gasteiger partial charge on any atom is 0.183 e. The van der Waals surface area contributed by atoms with Crippen molar-refractivity contribution in [3.05, 3.63) is 53.3 Å². The predicted octanol–water partition coefficient (Wildman–Crippen LogP) is 4.00. The zero-order valence-corrected chi connectivity index (χ0v) is 11.7. The first-order valence-corrected chi connectivity index (χ1v) is 7.21. The normalized spacial score (nSPS) is 10.8. The van der Waals surface area contributed by atoms with Gasteiger partial charge in [-0.05, 0) is 24.3 Å². The number of aromatic nitrogens is 2. The number of fused-ring (bicyclic) bond motifs is 1. The minimum absolute atomic E-state index is 0.757. The molecule has 0 atom stereocenters. The minimum Gasteiger partial charge on any atom is -0.361 e. The molecule has 0 aliphatic rings. The van der Waals surface area contributed by atoms with E-state index in [1.807, 2.05) is 42.6 Å². The predicted molar refractivity (Wildman–Crippen MR) is 81.1 cm³/mol. The van der Waals surface area contributed by atoms with E-state index >= 15 is 0 Å². The van der Waals surface area contributed by atoms with E-state index in [0.29, 0.717) is 0 Å². The van der Waals surface area contributed by atoms with Gasteiger partial charge in [0.25, 0.3) is 0 Å². The van der Waals surface area contributed by atoms with Gasteiger partial charge in [0.05, 0.1) is 15.2 Å². The second kappa shape index (κ2) is 5.55. The summed E-state index contributed by atoms with van der Waals surface area (Å²) in [4.78, 5) is 8.80. The molecule has 0 radical (unpaired) electrons. The number of nitrogens with zero attached hydrogens (tertiary/aromatic N) is 2. The Hall–Kier alpha value is -1.65. The Balaban J connectivity index is 1.67. The number of thiazole rings is 1. The highest BCUT2D eigenvalue weighted by molar-refractivity contribution is 7.22. The molecule has 3 aromatic rings. The number of hydrogen-bond donors (Lipinski definition) is 1. The molecule has 2 aromatic heterocycles. The number of hydrogen-bond acceptors (Lipinski definition) is 4. The van der Waals surface area contributed by atoms with Crippen LogP contribution in [0.1, 0.15) is 5.69 Å². The van der Waals surface area contributed by atoms with Gasteiger partial charge in [-0.25, -0.2) is 4.98 Å². The Bertz CT molecular complexity index is 681. The molecule has 1 aromatic carbocycles. The van der Waals surface area contributed by atoms with Gasteiger partial charge in [0.15, 0.2) is 5.13 Å². The number of halogens is 1. The van der Waals surface area contributed by atoms with E-state index in [0.717, 1.165) is 39.0 Å². The van der Waals surface area contributed by atoms with E-state index in [1.165, 1.54) is 0 Å². The van der Waals surface area contributed by atoms with Crippen molar-refractivity contribution in [1.82, 2.24) is 9.97 Å². The lowest BCUT2D eigenvalue weighted by molar-refractivity contribution is 0.960. The van der Waals surface area contributed by atoms with Crippen LogP contribution in [0.15, 0.2) is 42.6 Å². The third-order valence-electron chi connectivity index (χ3n) is 2.75. The van der Waals surface area contributed by atoms with Crippen LogP contribution in [0.5, 0.6) is 0 Å². The fraction of sp³-hybridized carbons (Fsp3) is 0.143. The highest BCUT2D eigenvalue weighted by atomic mass is 35.5. The van der Waals surface area contributed by atoms with E-state index in [1.54, 1.807) is 11.3 Å². The molecular formula is C14H12ClN3S. The van der Waals surface area contributed by atoms with Gasteiger partial charge in [-0.1, -0.05) is 35.1 Å². The average Bonchev–Trinajstić information content (AvgIpc) is 2.84. The summed E-state index contributed by atoms with van der Waals surface area (Å²) in [6, 6.07) is 11.7. The molecule has 0 aliphatic carbocycles. The summed E-state index contributed by atoms with van der Waals surface area (Å²) in [5.74, 6) is 0. The SMILES string of the molecule is Clc1cccc2nc(NCCc3ccccn3)sc12. The molecule has 5 heteroatoms. The highest BCUT2D eigenvalue weighted by Crippen LogP contribution is 2.31. The lowest BCUT2D eigenvalue weighted by Crippen LogP contribution is -2.05. The van der Waals surface area contributed by atoms with Crippen LogP contribution in [-0.4, -0.2) is 16.5 Å². The summed E-state index contributed by atoms with van der Waals surface area (Å²) < 4.78 is 1.03. The van der Waals surface area contributed by atoms with Crippen LogP contribution in [0.3, 0.4) is 0 Å². The molecule has 19 heavy (non-hydrogen) atoms. The van der Waals surface area contributed by atoms with Crippen molar-refractivity contribution in [2.75, 3.05) is 11.9 Å². The third kappa shape index (κ3) is 2.85. The summed E-state index contributed by atoms with van der Waals surface area (Å²) in [5.41, 5.74) is 2.02. The third-order valence-corrected chi connectivity index (χ3v) is 4.24. The summed E-state index contributed by atoms with van der Waals surface area (Å²) in [7, 11) is 0. The van der Waals surface area contributed by atoms with Gasteiger partial charge in [0.1, 0.15) is 0 Å². The van der Waals surface area contributed by atoms with Gasteiger partial charge in [-0.15, -0.1) is 0 Å². The second-order valence-corrected chi connectivity index (χ2v) is 5.51. The number of rotatable bonds is 4. The van der Waals surface area contributed by atoms with Crippen LogP contribution >= 0.6 is 22.9 Å². The quantitative estimate of drug-likeness (QED) is 0.789. The highest BCUT2D eigenvalue weighted by Gasteiger charge is 2.06. The molecule has 0 aliphatic heterocycles. The van der Waals surface area contributed by atoms with Gasteiger partial charge in [0, 0.05) is 24.9 Å². The largest absolute Gasteiger partial charge is 0.361 e. The summed E-state index contributed by atoms with van der Waals surface area (Å²) >= 11 is 7.72. The Morgan fingerprint density at radius 2 is 2.11 bits per heavy atom. The van der Waals surface area contributed by atoms with Gasteiger partial charge in [-0.2, -0.15) is 0 Å². The standard InChI is InChI=1S/C14H12ClN3S/c15-11-5-3-6-12-13(11)19-14(18-12)17-9-7-10-4-1-2-8-16-10/h1-6,8H,7,9H2,(H,17,18). The molecule has 3 nitrogen and oxygen atoms in total. The lowest BCUT2D eigenvalue weighted by Gasteiger charge is -2.01. The molecule has 0 amide bonds. The zero-order valence-electron chi connectivity index (χ0n) is 10.1. The van der Waals surface area contributed by atoms with Crippen LogP contribution in [0.2, 0.25) is 5.02 Å². The van der Waals surface area contributed by atoms with Crippen molar-refractivity contribution in [3.63, 3.8) is 0 Å². The smallest absolute Gasteiger partial charge is 0.183 e. The monoisotopic (exact) mass is 289 g/mol. The summed E-state index contributed by atoms with van der Waals surface area (Å²) in [6.07, 6.45) is 2.69. The van der Waals surface area contributed by atoms with Crippen LogP contribution in [0.4, 0.5) is 5.13 Å². The zero-order chi connectivity index (χ0) is 13.1. The van der Waals surface area contributed by atoms with E-state index in [2.05, 4.69) is 15.3 Å². The van der Waals surface area contributed by atoms with Crippen molar-refractivity contribution in [3.8, 4) is 0 Å². The first-order chi connectivity index (χ1) is 9.33. The van der Waals surface area contributed by atoms with Crippen molar-refractivity contribution >= 4 is 38.3 Å². The summed E-state index contributed by atoms with van der Waals surface area (Å²) in [6.45, 7) is 0.814. The molecule has 0 saturated heterocycles. The van der Waals surface area contributed by atoms with Gasteiger partial charge in [-0.3, -0.25) is 4.98 Å². The molecule has 0 saturated carbocycles. The van der Waals surface area contributed by atoms with Crippen LogP contribution in [-0.2, 0) is 6.42 Å². The number of anilines is 1. The fourth-order valence-corrected chi connectivity index (χ4v) is 3.02. The van der Waals surface area contributed by atoms with Crippen LogP contribution in [0, 0.1) is 0 Å². The van der Waals surface area contributed by atoms with Crippen molar-refractivity contribution < 1.29 is 0 Å². The molecule has 1 N–H and O–H groups in total. The van der Waals surface area contributed by atoms with E-state index in [-0.39, 0.29) is 0 Å². The Labute approximate surface area is 120 Å². The molecule has 96 valence electrons. The molecule has 3 rings (SSSR count). The first kappa shape index (κ1) is 12.4. The topological polar surface area (TPSA) is 37.8 Å². The molecule has 2 heterocycles. The molecule has 0 spiro atoms. The van der Waals surface area contributed by atoms with Crippen molar-refractivity contribution in [1.29, 1.82) is 0 Å². The van der Waals surface area contributed by atoms with Gasteiger partial charge >= 0.3 is 0 Å². The Morgan fingerprint density at radius 3 is 2.89 bits per heavy atom. The van der Waals surface area contributed by atoms with Gasteiger partial charge in [0.2, 0.25) is 0 Å². The van der Waals surface area contributed by atoms with E-state index in [4.69, 9.17) is 11.6 Å². The molecule has 0 bridgehead atoms. The Kier molecular flexibility index (Phi) is 3.62. The number of nitrogens with one attached hydrogen (secondary N) is 1. The molecule has 0 unspecified atom stereocenters. The average molecular weight is 290 g/mol. The van der Waals surface area contributed by atoms with E-state index in [9.17, 15) is 0 Å². The molecular weight excluding hydrogens is 278 g/mol. The van der Waals surface area contributed by atoms with Crippen LogP contribution in [0.25, 0.3) is 10.2 Å². The minimum atomic E-state index is 0.757. The van der Waals surface area contributed by atoms with Gasteiger partial charge < -0.3 is 5.32 Å². The van der Waals surface area contributed by atoms with E-state index < -0.39 is 0 Å². The lowest BCUT2D eigenvalue weighted by atomic mass is 10.3. The summed E-state index contributed by atoms with van der Waals surface area (Å²) in [5, 5.41) is 4.98. The van der Waals surface area contributed by atoms with Crippen LogP contribution < -0.4 is 5.32 Å². The maximum absolute atomic E-state index is 6.13. The fourth-order valence-electron chi connectivity index (χ4n) is 1.83. The second-order valence-electron chi connectivity index (χ2n) is 4.10. The number of pyridine rings is 1. The number of benzene rings is 1. The molecule has 0 fully saturated rings. The van der Waals surface area contributed by atoms with Crippen molar-refractivity contribution in [2.24, 2.45) is 0 Å². The Morgan fingerprint density at radius 1 is 1.16 bits per heavy atom.